The minimum absolute atomic E-state index is 0.0170. The van der Waals surface area contributed by atoms with E-state index in [9.17, 15) is 18.0 Å². The molecule has 0 saturated heterocycles. The molecule has 1 amide bonds. The highest BCUT2D eigenvalue weighted by Gasteiger charge is 2.18. The maximum absolute atomic E-state index is 13.1. The van der Waals surface area contributed by atoms with Crippen molar-refractivity contribution in [2.45, 2.75) is 27.0 Å². The Kier molecular flexibility index (Phi) is 6.29. The van der Waals surface area contributed by atoms with Gasteiger partial charge in [0.05, 0.1) is 30.7 Å². The van der Waals surface area contributed by atoms with E-state index >= 15 is 0 Å². The van der Waals surface area contributed by atoms with E-state index in [0.29, 0.717) is 17.9 Å². The monoisotopic (exact) mass is 419 g/mol. The quantitative estimate of drug-likeness (QED) is 0.610. The molecule has 0 saturated carbocycles. The van der Waals surface area contributed by atoms with Gasteiger partial charge in [0, 0.05) is 5.56 Å². The number of halogens is 3. The Balaban J connectivity index is 1.80. The van der Waals surface area contributed by atoms with E-state index in [4.69, 9.17) is 4.74 Å². The van der Waals surface area contributed by atoms with Crippen molar-refractivity contribution in [1.29, 1.82) is 0 Å². The zero-order valence-electron chi connectivity index (χ0n) is 16.6. The Hall–Kier alpha value is -3.49. The van der Waals surface area contributed by atoms with Crippen LogP contribution in [0.4, 0.5) is 18.9 Å². The van der Waals surface area contributed by atoms with Crippen molar-refractivity contribution in [3.8, 4) is 11.5 Å². The highest BCUT2D eigenvalue weighted by molar-refractivity contribution is 6.05. The summed E-state index contributed by atoms with van der Waals surface area (Å²) in [5, 5.41) is 7.23. The third-order valence-electron chi connectivity index (χ3n) is 4.51. The zero-order chi connectivity index (χ0) is 21.8. The van der Waals surface area contributed by atoms with Crippen LogP contribution in [0.25, 0.3) is 0 Å². The van der Waals surface area contributed by atoms with Gasteiger partial charge in [-0.05, 0) is 49.7 Å². The Labute approximate surface area is 171 Å². The topological polar surface area (TPSA) is 65.4 Å². The third-order valence-corrected chi connectivity index (χ3v) is 4.51. The molecule has 0 aliphatic rings. The van der Waals surface area contributed by atoms with Crippen LogP contribution in [0, 0.1) is 19.7 Å². The summed E-state index contributed by atoms with van der Waals surface area (Å²) in [7, 11) is 1.29. The second-order valence-electron chi connectivity index (χ2n) is 6.53. The molecule has 1 N–H and O–H groups in total. The summed E-state index contributed by atoms with van der Waals surface area (Å²) in [6.45, 7) is 0.968. The van der Waals surface area contributed by atoms with Crippen LogP contribution < -0.4 is 14.8 Å². The third kappa shape index (κ3) is 4.73. The van der Waals surface area contributed by atoms with Gasteiger partial charge >= 0.3 is 6.61 Å². The maximum atomic E-state index is 13.1. The first-order valence-electron chi connectivity index (χ1n) is 9.01. The molecule has 0 unspecified atom stereocenters. The lowest BCUT2D eigenvalue weighted by Gasteiger charge is -2.12. The molecule has 0 aliphatic carbocycles. The SMILES string of the molecule is COc1cc(C(=O)Nc2c(C)nn(Cc3ccc(F)cc3)c2C)ccc1OC(F)F. The minimum atomic E-state index is -3.00. The van der Waals surface area contributed by atoms with Gasteiger partial charge in [0.25, 0.3) is 5.91 Å². The summed E-state index contributed by atoms with van der Waals surface area (Å²) >= 11 is 0. The van der Waals surface area contributed by atoms with Crippen LogP contribution in [0.5, 0.6) is 11.5 Å². The Morgan fingerprint density at radius 3 is 2.47 bits per heavy atom. The lowest BCUT2D eigenvalue weighted by Crippen LogP contribution is -2.14. The fraction of sp³-hybridized carbons (Fsp3) is 0.238. The van der Waals surface area contributed by atoms with Crippen molar-refractivity contribution < 1.29 is 27.4 Å². The highest BCUT2D eigenvalue weighted by Crippen LogP contribution is 2.30. The van der Waals surface area contributed by atoms with E-state index in [2.05, 4.69) is 15.2 Å². The number of carbonyl (C=O) groups excluding carboxylic acids is 1. The van der Waals surface area contributed by atoms with Crippen LogP contribution in [-0.2, 0) is 6.54 Å². The fourth-order valence-corrected chi connectivity index (χ4v) is 2.98. The van der Waals surface area contributed by atoms with Crippen molar-refractivity contribution in [2.75, 3.05) is 12.4 Å². The highest BCUT2D eigenvalue weighted by atomic mass is 19.3. The van der Waals surface area contributed by atoms with Gasteiger partial charge in [-0.15, -0.1) is 0 Å². The van der Waals surface area contributed by atoms with Gasteiger partial charge in [0.15, 0.2) is 11.5 Å². The molecule has 158 valence electrons. The molecule has 0 spiro atoms. The van der Waals surface area contributed by atoms with E-state index < -0.39 is 12.5 Å². The summed E-state index contributed by atoms with van der Waals surface area (Å²) in [5.41, 5.74) is 2.93. The van der Waals surface area contributed by atoms with Gasteiger partial charge in [-0.1, -0.05) is 12.1 Å². The first kappa shape index (κ1) is 21.2. The maximum Gasteiger partial charge on any atom is 0.387 e. The molecule has 2 aromatic carbocycles. The van der Waals surface area contributed by atoms with Crippen molar-refractivity contribution in [2.24, 2.45) is 0 Å². The number of nitrogens with one attached hydrogen (secondary N) is 1. The van der Waals surface area contributed by atoms with E-state index in [0.717, 1.165) is 11.3 Å². The Morgan fingerprint density at radius 2 is 1.83 bits per heavy atom. The van der Waals surface area contributed by atoms with E-state index in [1.165, 1.54) is 37.4 Å². The number of ether oxygens (including phenoxy) is 2. The predicted molar refractivity (Wildman–Crippen MR) is 105 cm³/mol. The molecule has 0 radical (unpaired) electrons. The van der Waals surface area contributed by atoms with E-state index in [1.807, 2.05) is 0 Å². The number of hydrogen-bond donors (Lipinski definition) is 1. The van der Waals surface area contributed by atoms with Gasteiger partial charge in [0.2, 0.25) is 0 Å². The van der Waals surface area contributed by atoms with Gasteiger partial charge < -0.3 is 14.8 Å². The molecule has 3 rings (SSSR count). The number of aryl methyl sites for hydroxylation is 1. The van der Waals surface area contributed by atoms with Gasteiger partial charge in [-0.25, -0.2) is 4.39 Å². The Bertz CT molecular complexity index is 1050. The number of nitrogens with zero attached hydrogens (tertiary/aromatic N) is 2. The average Bonchev–Trinajstić information content (AvgIpc) is 2.97. The summed E-state index contributed by atoms with van der Waals surface area (Å²) in [4.78, 5) is 12.7. The molecule has 3 aromatic rings. The smallest absolute Gasteiger partial charge is 0.387 e. The largest absolute Gasteiger partial charge is 0.493 e. The molecular weight excluding hydrogens is 399 g/mol. The Morgan fingerprint density at radius 1 is 1.13 bits per heavy atom. The number of aromatic nitrogens is 2. The second kappa shape index (κ2) is 8.89. The van der Waals surface area contributed by atoms with Crippen molar-refractivity contribution in [1.82, 2.24) is 9.78 Å². The number of carbonyl (C=O) groups is 1. The van der Waals surface area contributed by atoms with Crippen LogP contribution in [0.1, 0.15) is 27.3 Å². The molecule has 30 heavy (non-hydrogen) atoms. The molecule has 0 aliphatic heterocycles. The minimum Gasteiger partial charge on any atom is -0.493 e. The number of alkyl halides is 2. The number of anilines is 1. The second-order valence-corrected chi connectivity index (χ2v) is 6.53. The van der Waals surface area contributed by atoms with Gasteiger partial charge in [-0.2, -0.15) is 13.9 Å². The van der Waals surface area contributed by atoms with Crippen molar-refractivity contribution in [3.05, 3.63) is 70.8 Å². The standard InChI is InChI=1S/C21H20F3N3O3/c1-12-19(13(2)27(26-12)11-14-4-7-16(22)8-5-14)25-20(28)15-6-9-17(30-21(23)24)18(10-15)29-3/h4-10,21H,11H2,1-3H3,(H,25,28). The van der Waals surface area contributed by atoms with Crippen LogP contribution in [0.3, 0.4) is 0 Å². The van der Waals surface area contributed by atoms with Crippen molar-refractivity contribution >= 4 is 11.6 Å². The number of hydrogen-bond acceptors (Lipinski definition) is 4. The van der Waals surface area contributed by atoms with Crippen LogP contribution >= 0.6 is 0 Å². The van der Waals surface area contributed by atoms with E-state index in [-0.39, 0.29) is 22.9 Å². The molecule has 0 bridgehead atoms. The number of benzene rings is 2. The zero-order valence-corrected chi connectivity index (χ0v) is 16.6. The molecule has 9 heteroatoms. The van der Waals surface area contributed by atoms with E-state index in [1.54, 1.807) is 30.7 Å². The predicted octanol–water partition coefficient (Wildman–Crippen LogP) is 4.55. The summed E-state index contributed by atoms with van der Waals surface area (Å²) in [5.74, 6) is -0.920. The van der Waals surface area contributed by atoms with Crippen molar-refractivity contribution in [3.63, 3.8) is 0 Å². The molecule has 0 fully saturated rings. The molecule has 1 heterocycles. The summed E-state index contributed by atoms with van der Waals surface area (Å²) < 4.78 is 49.1. The van der Waals surface area contributed by atoms with Crippen LogP contribution in [0.2, 0.25) is 0 Å². The molecular formula is C21H20F3N3O3. The number of rotatable bonds is 7. The lowest BCUT2D eigenvalue weighted by molar-refractivity contribution is -0.0512. The van der Waals surface area contributed by atoms with Crippen LogP contribution in [0.15, 0.2) is 42.5 Å². The molecule has 6 nitrogen and oxygen atoms in total. The lowest BCUT2D eigenvalue weighted by atomic mass is 10.1. The first-order chi connectivity index (χ1) is 14.3. The average molecular weight is 419 g/mol. The fourth-order valence-electron chi connectivity index (χ4n) is 2.98. The number of amides is 1. The molecule has 1 aromatic heterocycles. The summed E-state index contributed by atoms with van der Waals surface area (Å²) in [6.07, 6.45) is 0. The molecule has 0 atom stereocenters. The van der Waals surface area contributed by atoms with Gasteiger partial charge in [0.1, 0.15) is 5.82 Å². The number of methoxy groups -OCH3 is 1. The normalized spacial score (nSPS) is 10.9. The summed E-state index contributed by atoms with van der Waals surface area (Å²) in [6, 6.07) is 10.0. The van der Waals surface area contributed by atoms with Gasteiger partial charge in [-0.3, -0.25) is 9.48 Å². The van der Waals surface area contributed by atoms with Crippen LogP contribution in [-0.4, -0.2) is 29.4 Å². The first-order valence-corrected chi connectivity index (χ1v) is 9.01.